The number of amides is 1. The molecule has 1 aliphatic heterocycles. The van der Waals surface area contributed by atoms with Crippen LogP contribution in [0.1, 0.15) is 30.7 Å². The van der Waals surface area contributed by atoms with Crippen LogP contribution in [0.5, 0.6) is 0 Å². The highest BCUT2D eigenvalue weighted by Gasteiger charge is 2.48. The number of carbonyl (C=O) groups excluding carboxylic acids is 1. The maximum absolute atomic E-state index is 11.5. The second-order valence-corrected chi connectivity index (χ2v) is 5.55. The third kappa shape index (κ3) is 2.15. The van der Waals surface area contributed by atoms with Crippen molar-refractivity contribution in [1.29, 1.82) is 0 Å². The molecule has 18 heavy (non-hydrogen) atoms. The highest BCUT2D eigenvalue weighted by atomic mass is 16.1. The Balaban J connectivity index is 1.71. The van der Waals surface area contributed by atoms with Gasteiger partial charge in [0.05, 0.1) is 5.92 Å². The van der Waals surface area contributed by atoms with Gasteiger partial charge in [-0.3, -0.25) is 4.79 Å². The van der Waals surface area contributed by atoms with Crippen molar-refractivity contribution in [2.75, 3.05) is 6.54 Å². The molecule has 0 aromatic heterocycles. The summed E-state index contributed by atoms with van der Waals surface area (Å²) < 4.78 is 0. The SMILES string of the molecule is NC(=O)C1CCCNC1C1CC1c1ccccc1. The smallest absolute Gasteiger partial charge is 0.222 e. The minimum Gasteiger partial charge on any atom is -0.369 e. The van der Waals surface area contributed by atoms with E-state index < -0.39 is 0 Å². The molecule has 3 nitrogen and oxygen atoms in total. The molecule has 1 aromatic rings. The third-order valence-corrected chi connectivity index (χ3v) is 4.40. The molecule has 1 saturated carbocycles. The molecule has 2 aliphatic rings. The van der Waals surface area contributed by atoms with Gasteiger partial charge in [-0.25, -0.2) is 0 Å². The van der Waals surface area contributed by atoms with Crippen LogP contribution in [0, 0.1) is 11.8 Å². The average Bonchev–Trinajstić information content (AvgIpc) is 3.20. The second-order valence-electron chi connectivity index (χ2n) is 5.55. The molecule has 1 heterocycles. The number of nitrogens with one attached hydrogen (secondary N) is 1. The van der Waals surface area contributed by atoms with Gasteiger partial charge in [0.15, 0.2) is 0 Å². The van der Waals surface area contributed by atoms with Gasteiger partial charge >= 0.3 is 0 Å². The van der Waals surface area contributed by atoms with Crippen LogP contribution in [0.3, 0.4) is 0 Å². The molecule has 0 spiro atoms. The summed E-state index contributed by atoms with van der Waals surface area (Å²) >= 11 is 0. The van der Waals surface area contributed by atoms with Crippen molar-refractivity contribution < 1.29 is 4.79 Å². The summed E-state index contributed by atoms with van der Waals surface area (Å²) in [6.45, 7) is 1.02. The summed E-state index contributed by atoms with van der Waals surface area (Å²) in [5.74, 6) is 1.09. The molecule has 0 bridgehead atoms. The lowest BCUT2D eigenvalue weighted by Gasteiger charge is -2.31. The molecule has 1 aromatic carbocycles. The Kier molecular flexibility index (Phi) is 3.08. The largest absolute Gasteiger partial charge is 0.369 e. The number of piperidine rings is 1. The van der Waals surface area contributed by atoms with Crippen LogP contribution in [-0.4, -0.2) is 18.5 Å². The first-order valence-electron chi connectivity index (χ1n) is 6.85. The normalized spacial score (nSPS) is 35.1. The van der Waals surface area contributed by atoms with E-state index in [2.05, 4.69) is 29.6 Å². The monoisotopic (exact) mass is 244 g/mol. The highest BCUT2D eigenvalue weighted by Crippen LogP contribution is 2.51. The van der Waals surface area contributed by atoms with E-state index >= 15 is 0 Å². The number of nitrogens with two attached hydrogens (primary N) is 1. The van der Waals surface area contributed by atoms with Crippen molar-refractivity contribution in [3.63, 3.8) is 0 Å². The number of benzene rings is 1. The lowest BCUT2D eigenvalue weighted by atomic mass is 9.86. The van der Waals surface area contributed by atoms with Crippen molar-refractivity contribution in [1.82, 2.24) is 5.32 Å². The first-order chi connectivity index (χ1) is 8.77. The van der Waals surface area contributed by atoms with Crippen LogP contribution in [0.25, 0.3) is 0 Å². The molecule has 4 unspecified atom stereocenters. The van der Waals surface area contributed by atoms with Gasteiger partial charge in [0.2, 0.25) is 5.91 Å². The van der Waals surface area contributed by atoms with Gasteiger partial charge in [-0.1, -0.05) is 30.3 Å². The van der Waals surface area contributed by atoms with Crippen LogP contribution < -0.4 is 11.1 Å². The minimum absolute atomic E-state index is 0.0254. The predicted molar refractivity (Wildman–Crippen MR) is 71.0 cm³/mol. The Bertz CT molecular complexity index is 431. The number of carbonyl (C=O) groups is 1. The average molecular weight is 244 g/mol. The Morgan fingerprint density at radius 1 is 1.28 bits per heavy atom. The van der Waals surface area contributed by atoms with E-state index in [-0.39, 0.29) is 11.8 Å². The third-order valence-electron chi connectivity index (χ3n) is 4.40. The Morgan fingerprint density at radius 3 is 2.78 bits per heavy atom. The van der Waals surface area contributed by atoms with E-state index in [4.69, 9.17) is 5.73 Å². The fourth-order valence-electron chi connectivity index (χ4n) is 3.38. The molecule has 3 rings (SSSR count). The zero-order chi connectivity index (χ0) is 12.5. The molecular formula is C15H20N2O. The fourth-order valence-corrected chi connectivity index (χ4v) is 3.38. The topological polar surface area (TPSA) is 55.1 Å². The van der Waals surface area contributed by atoms with E-state index in [1.165, 1.54) is 12.0 Å². The van der Waals surface area contributed by atoms with Gasteiger partial charge in [0.25, 0.3) is 0 Å². The quantitative estimate of drug-likeness (QED) is 0.849. The number of primary amides is 1. The molecule has 3 N–H and O–H groups in total. The molecule has 1 aliphatic carbocycles. The van der Waals surface area contributed by atoms with Crippen molar-refractivity contribution in [3.8, 4) is 0 Å². The minimum atomic E-state index is -0.133. The molecule has 2 fully saturated rings. The van der Waals surface area contributed by atoms with Gasteiger partial charge < -0.3 is 11.1 Å². The Labute approximate surface area is 108 Å². The molecule has 1 amide bonds. The number of rotatable bonds is 3. The second kappa shape index (κ2) is 4.73. The van der Waals surface area contributed by atoms with E-state index in [0.29, 0.717) is 17.9 Å². The molecule has 3 heteroatoms. The van der Waals surface area contributed by atoms with Crippen LogP contribution in [-0.2, 0) is 4.79 Å². The maximum Gasteiger partial charge on any atom is 0.222 e. The van der Waals surface area contributed by atoms with Crippen LogP contribution >= 0.6 is 0 Å². The van der Waals surface area contributed by atoms with Crippen LogP contribution in [0.4, 0.5) is 0 Å². The Hall–Kier alpha value is -1.35. The van der Waals surface area contributed by atoms with E-state index in [9.17, 15) is 4.79 Å². The summed E-state index contributed by atoms with van der Waals surface area (Å²) in [7, 11) is 0. The lowest BCUT2D eigenvalue weighted by Crippen LogP contribution is -2.48. The first-order valence-corrected chi connectivity index (χ1v) is 6.85. The molecule has 1 saturated heterocycles. The van der Waals surface area contributed by atoms with Crippen LogP contribution in [0.15, 0.2) is 30.3 Å². The van der Waals surface area contributed by atoms with Crippen LogP contribution in [0.2, 0.25) is 0 Å². The van der Waals surface area contributed by atoms with Crippen molar-refractivity contribution >= 4 is 5.91 Å². The van der Waals surface area contributed by atoms with E-state index in [1.54, 1.807) is 0 Å². The standard InChI is InChI=1S/C15H20N2O/c16-15(18)11-7-4-8-17-14(11)13-9-12(13)10-5-2-1-3-6-10/h1-3,5-6,11-14,17H,4,7-9H2,(H2,16,18). The Morgan fingerprint density at radius 2 is 2.06 bits per heavy atom. The number of hydrogen-bond acceptors (Lipinski definition) is 2. The zero-order valence-electron chi connectivity index (χ0n) is 10.5. The van der Waals surface area contributed by atoms with Gasteiger partial charge in [0.1, 0.15) is 0 Å². The van der Waals surface area contributed by atoms with Crippen molar-refractivity contribution in [2.45, 2.75) is 31.2 Å². The highest BCUT2D eigenvalue weighted by molar-refractivity contribution is 5.77. The molecule has 96 valence electrons. The summed E-state index contributed by atoms with van der Waals surface area (Å²) in [5, 5.41) is 3.51. The fraction of sp³-hybridized carbons (Fsp3) is 0.533. The summed E-state index contributed by atoms with van der Waals surface area (Å²) in [6.07, 6.45) is 3.20. The summed E-state index contributed by atoms with van der Waals surface area (Å²) in [5.41, 5.74) is 6.93. The van der Waals surface area contributed by atoms with Gasteiger partial charge in [-0.05, 0) is 43.2 Å². The van der Waals surface area contributed by atoms with E-state index in [1.807, 2.05) is 6.07 Å². The van der Waals surface area contributed by atoms with Crippen molar-refractivity contribution in [3.05, 3.63) is 35.9 Å². The van der Waals surface area contributed by atoms with Gasteiger partial charge in [0, 0.05) is 6.04 Å². The predicted octanol–water partition coefficient (Wildman–Crippen LogP) is 1.64. The van der Waals surface area contributed by atoms with E-state index in [0.717, 1.165) is 19.4 Å². The van der Waals surface area contributed by atoms with Crippen molar-refractivity contribution in [2.24, 2.45) is 17.6 Å². The number of hydrogen-bond donors (Lipinski definition) is 2. The van der Waals surface area contributed by atoms with Gasteiger partial charge in [-0.2, -0.15) is 0 Å². The molecule has 4 atom stereocenters. The lowest BCUT2D eigenvalue weighted by molar-refractivity contribution is -0.123. The van der Waals surface area contributed by atoms with Gasteiger partial charge in [-0.15, -0.1) is 0 Å². The molecule has 0 radical (unpaired) electrons. The maximum atomic E-state index is 11.5. The molecular weight excluding hydrogens is 224 g/mol. The zero-order valence-corrected chi connectivity index (χ0v) is 10.5. The first kappa shape index (κ1) is 11.7. The summed E-state index contributed by atoms with van der Waals surface area (Å²) in [4.78, 5) is 11.5. The summed E-state index contributed by atoms with van der Waals surface area (Å²) in [6, 6.07) is 10.9.